The van der Waals surface area contributed by atoms with Crippen molar-refractivity contribution >= 4 is 29.2 Å². The maximum atomic E-state index is 12.2. The van der Waals surface area contributed by atoms with Crippen LogP contribution in [0.25, 0.3) is 0 Å². The largest absolute Gasteiger partial charge is 0.449 e. The van der Waals surface area contributed by atoms with Crippen LogP contribution in [0.2, 0.25) is 5.02 Å². The molecule has 0 heterocycles. The van der Waals surface area contributed by atoms with Gasteiger partial charge in [0.2, 0.25) is 0 Å². The van der Waals surface area contributed by atoms with Crippen LogP contribution >= 0.6 is 11.6 Å². The Balaban J connectivity index is 2.04. The van der Waals surface area contributed by atoms with Crippen molar-refractivity contribution in [3.8, 4) is 0 Å². The van der Waals surface area contributed by atoms with Crippen molar-refractivity contribution in [2.24, 2.45) is 0 Å². The van der Waals surface area contributed by atoms with E-state index in [1.54, 1.807) is 30.3 Å². The molecular formula is C19H20ClNO3. The smallest absolute Gasteiger partial charge is 0.338 e. The third kappa shape index (κ3) is 4.15. The van der Waals surface area contributed by atoms with Gasteiger partial charge in [-0.2, -0.15) is 0 Å². The summed E-state index contributed by atoms with van der Waals surface area (Å²) in [5.74, 6) is -0.930. The van der Waals surface area contributed by atoms with E-state index in [0.717, 1.165) is 16.7 Å². The van der Waals surface area contributed by atoms with E-state index < -0.39 is 18.0 Å². The number of amides is 1. The first-order chi connectivity index (χ1) is 11.3. The molecule has 0 saturated carbocycles. The minimum atomic E-state index is -0.919. The molecule has 0 fully saturated rings. The Morgan fingerprint density at radius 1 is 1.08 bits per heavy atom. The predicted molar refractivity (Wildman–Crippen MR) is 95.6 cm³/mol. The van der Waals surface area contributed by atoms with Gasteiger partial charge in [0.05, 0.1) is 5.56 Å². The fourth-order valence-corrected chi connectivity index (χ4v) is 2.30. The normalized spacial score (nSPS) is 11.7. The number of anilines is 1. The molecule has 0 saturated heterocycles. The molecule has 1 N–H and O–H groups in total. The number of carbonyl (C=O) groups is 2. The van der Waals surface area contributed by atoms with Crippen molar-refractivity contribution in [2.45, 2.75) is 33.8 Å². The standard InChI is InChI=1S/C19H20ClNO3/c1-11-8-9-15(10-12(11)2)19(23)24-14(4)18(22)21-17-7-5-6-16(20)13(17)3/h5-10,14H,1-4H3,(H,21,22). The number of carbonyl (C=O) groups excluding carboxylic acids is 2. The molecule has 0 aliphatic heterocycles. The first-order valence-electron chi connectivity index (χ1n) is 7.64. The molecule has 2 rings (SSSR count). The summed E-state index contributed by atoms with van der Waals surface area (Å²) >= 11 is 6.03. The Morgan fingerprint density at radius 3 is 2.46 bits per heavy atom. The number of nitrogens with one attached hydrogen (secondary N) is 1. The molecule has 0 spiro atoms. The number of hydrogen-bond acceptors (Lipinski definition) is 3. The summed E-state index contributed by atoms with van der Waals surface area (Å²) < 4.78 is 5.25. The molecule has 0 aliphatic carbocycles. The van der Waals surface area contributed by atoms with Crippen LogP contribution in [0.5, 0.6) is 0 Å². The van der Waals surface area contributed by atoms with Crippen LogP contribution in [-0.2, 0) is 9.53 Å². The van der Waals surface area contributed by atoms with Gasteiger partial charge in [0.1, 0.15) is 0 Å². The number of ether oxygens (including phenoxy) is 1. The van der Waals surface area contributed by atoms with E-state index in [4.69, 9.17) is 16.3 Å². The number of benzene rings is 2. The summed E-state index contributed by atoms with van der Waals surface area (Å²) in [4.78, 5) is 24.4. The molecule has 0 aromatic heterocycles. The minimum Gasteiger partial charge on any atom is -0.449 e. The maximum absolute atomic E-state index is 12.2. The van der Waals surface area contributed by atoms with Crippen molar-refractivity contribution in [1.82, 2.24) is 0 Å². The third-order valence-electron chi connectivity index (χ3n) is 3.92. The van der Waals surface area contributed by atoms with Gasteiger partial charge in [-0.1, -0.05) is 23.7 Å². The highest BCUT2D eigenvalue weighted by Gasteiger charge is 2.20. The van der Waals surface area contributed by atoms with E-state index in [-0.39, 0.29) is 0 Å². The number of halogens is 1. The van der Waals surface area contributed by atoms with Crippen molar-refractivity contribution in [3.05, 3.63) is 63.7 Å². The van der Waals surface area contributed by atoms with Crippen molar-refractivity contribution < 1.29 is 14.3 Å². The highest BCUT2D eigenvalue weighted by Crippen LogP contribution is 2.23. The Kier molecular flexibility index (Phi) is 5.62. The summed E-state index contributed by atoms with van der Waals surface area (Å²) in [5.41, 5.74) is 3.88. The van der Waals surface area contributed by atoms with Gasteiger partial charge >= 0.3 is 5.97 Å². The Bertz CT molecular complexity index is 786. The second kappa shape index (κ2) is 7.49. The quantitative estimate of drug-likeness (QED) is 0.833. The number of esters is 1. The monoisotopic (exact) mass is 345 g/mol. The lowest BCUT2D eigenvalue weighted by Gasteiger charge is -2.15. The van der Waals surface area contributed by atoms with Gasteiger partial charge in [-0.05, 0) is 68.7 Å². The van der Waals surface area contributed by atoms with Crippen LogP contribution in [0.1, 0.15) is 34.0 Å². The molecule has 4 nitrogen and oxygen atoms in total. The van der Waals surface area contributed by atoms with E-state index in [1.165, 1.54) is 6.92 Å². The SMILES string of the molecule is Cc1ccc(C(=O)OC(C)C(=O)Nc2cccc(Cl)c2C)cc1C. The molecule has 2 aromatic rings. The van der Waals surface area contributed by atoms with Gasteiger partial charge in [0.15, 0.2) is 6.10 Å². The molecule has 126 valence electrons. The molecule has 5 heteroatoms. The topological polar surface area (TPSA) is 55.4 Å². The molecule has 1 amide bonds. The molecule has 1 atom stereocenters. The molecule has 0 aliphatic rings. The van der Waals surface area contributed by atoms with Crippen LogP contribution < -0.4 is 5.32 Å². The molecule has 0 radical (unpaired) electrons. The third-order valence-corrected chi connectivity index (χ3v) is 4.33. The molecule has 24 heavy (non-hydrogen) atoms. The predicted octanol–water partition coefficient (Wildman–Crippen LogP) is 4.45. The molecule has 0 bridgehead atoms. The van der Waals surface area contributed by atoms with Gasteiger partial charge in [-0.15, -0.1) is 0 Å². The van der Waals surface area contributed by atoms with Crippen LogP contribution in [0.4, 0.5) is 5.69 Å². The van der Waals surface area contributed by atoms with Crippen LogP contribution in [-0.4, -0.2) is 18.0 Å². The number of aryl methyl sites for hydroxylation is 2. The number of hydrogen-bond donors (Lipinski definition) is 1. The molecule has 1 unspecified atom stereocenters. The van der Waals surface area contributed by atoms with Gasteiger partial charge in [-0.25, -0.2) is 4.79 Å². The van der Waals surface area contributed by atoms with Crippen LogP contribution in [0.15, 0.2) is 36.4 Å². The van der Waals surface area contributed by atoms with E-state index >= 15 is 0 Å². The lowest BCUT2D eigenvalue weighted by Crippen LogP contribution is -2.30. The second-order valence-electron chi connectivity index (χ2n) is 5.75. The van der Waals surface area contributed by atoms with E-state index in [2.05, 4.69) is 5.32 Å². The summed E-state index contributed by atoms with van der Waals surface area (Å²) in [5, 5.41) is 3.29. The summed E-state index contributed by atoms with van der Waals surface area (Å²) in [7, 11) is 0. The fourth-order valence-electron chi connectivity index (χ4n) is 2.13. The zero-order valence-corrected chi connectivity index (χ0v) is 14.9. The maximum Gasteiger partial charge on any atom is 0.338 e. The summed E-state index contributed by atoms with van der Waals surface area (Å²) in [6.07, 6.45) is -0.919. The first kappa shape index (κ1) is 18.0. The lowest BCUT2D eigenvalue weighted by molar-refractivity contribution is -0.123. The highest BCUT2D eigenvalue weighted by atomic mass is 35.5. The second-order valence-corrected chi connectivity index (χ2v) is 6.16. The average molecular weight is 346 g/mol. The highest BCUT2D eigenvalue weighted by molar-refractivity contribution is 6.31. The Hall–Kier alpha value is -2.33. The van der Waals surface area contributed by atoms with Crippen molar-refractivity contribution in [2.75, 3.05) is 5.32 Å². The lowest BCUT2D eigenvalue weighted by atomic mass is 10.1. The van der Waals surface area contributed by atoms with E-state index in [9.17, 15) is 9.59 Å². The van der Waals surface area contributed by atoms with Gasteiger partial charge in [0, 0.05) is 10.7 Å². The first-order valence-corrected chi connectivity index (χ1v) is 8.01. The van der Waals surface area contributed by atoms with E-state index in [1.807, 2.05) is 26.8 Å². The van der Waals surface area contributed by atoms with Gasteiger partial charge in [-0.3, -0.25) is 4.79 Å². The van der Waals surface area contributed by atoms with Crippen molar-refractivity contribution in [3.63, 3.8) is 0 Å². The number of rotatable bonds is 4. The Labute approximate surface area is 146 Å². The van der Waals surface area contributed by atoms with Gasteiger partial charge < -0.3 is 10.1 Å². The summed E-state index contributed by atoms with van der Waals surface area (Å²) in [6.45, 7) is 7.23. The van der Waals surface area contributed by atoms with Crippen LogP contribution in [0, 0.1) is 20.8 Å². The van der Waals surface area contributed by atoms with Gasteiger partial charge in [0.25, 0.3) is 5.91 Å². The fraction of sp³-hybridized carbons (Fsp3) is 0.263. The molecule has 2 aromatic carbocycles. The summed E-state index contributed by atoms with van der Waals surface area (Å²) in [6, 6.07) is 10.5. The Morgan fingerprint density at radius 2 is 1.79 bits per heavy atom. The zero-order chi connectivity index (χ0) is 17.9. The van der Waals surface area contributed by atoms with Crippen LogP contribution in [0.3, 0.4) is 0 Å². The van der Waals surface area contributed by atoms with E-state index in [0.29, 0.717) is 16.3 Å². The van der Waals surface area contributed by atoms with Crippen molar-refractivity contribution in [1.29, 1.82) is 0 Å². The molecular weight excluding hydrogens is 326 g/mol. The zero-order valence-electron chi connectivity index (χ0n) is 14.1. The minimum absolute atomic E-state index is 0.405. The average Bonchev–Trinajstić information content (AvgIpc) is 2.54.